The first kappa shape index (κ1) is 18.8. The number of hydrogen-bond donors (Lipinski definition) is 1. The van der Waals surface area contributed by atoms with Crippen LogP contribution in [-0.2, 0) is 0 Å². The Labute approximate surface area is 169 Å². The lowest BCUT2D eigenvalue weighted by molar-refractivity contribution is 0.0933. The zero-order chi connectivity index (χ0) is 19.5. The molecule has 0 unspecified atom stereocenters. The molecule has 0 radical (unpaired) electrons. The molecule has 0 aliphatic carbocycles. The van der Waals surface area contributed by atoms with Crippen LogP contribution in [0.25, 0.3) is 5.69 Å². The number of halogens is 1. The van der Waals surface area contributed by atoms with Crippen LogP contribution in [0.3, 0.4) is 0 Å². The number of amides is 1. The van der Waals surface area contributed by atoms with Gasteiger partial charge in [-0.3, -0.25) is 9.69 Å². The number of benzene rings is 1. The van der Waals surface area contributed by atoms with Crippen LogP contribution in [0, 0.1) is 6.92 Å². The number of carbonyl (C=O) groups excluding carboxylic acids is 1. The predicted molar refractivity (Wildman–Crippen MR) is 108 cm³/mol. The third kappa shape index (κ3) is 3.70. The molecular formula is C21H23ClN4O2. The second-order valence-corrected chi connectivity index (χ2v) is 7.34. The number of likely N-dealkylation sites (tertiary alicyclic amines) is 1. The summed E-state index contributed by atoms with van der Waals surface area (Å²) in [6.07, 6.45) is 4.00. The Morgan fingerprint density at radius 3 is 2.64 bits per heavy atom. The fourth-order valence-corrected chi connectivity index (χ4v) is 4.08. The normalized spacial score (nSPS) is 15.6. The van der Waals surface area contributed by atoms with Gasteiger partial charge in [0.05, 0.1) is 29.2 Å². The smallest absolute Gasteiger partial charge is 0.256 e. The van der Waals surface area contributed by atoms with E-state index in [4.69, 9.17) is 16.0 Å². The Kier molecular flexibility index (Phi) is 5.50. The molecule has 1 amide bonds. The predicted octanol–water partition coefficient (Wildman–Crippen LogP) is 3.99. The molecule has 4 rings (SSSR count). The van der Waals surface area contributed by atoms with Crippen molar-refractivity contribution in [1.82, 2.24) is 20.0 Å². The summed E-state index contributed by atoms with van der Waals surface area (Å²) in [6.45, 7) is 4.27. The van der Waals surface area contributed by atoms with E-state index in [1.165, 1.54) is 12.8 Å². The Bertz CT molecular complexity index is 931. The quantitative estimate of drug-likeness (QED) is 0.681. The van der Waals surface area contributed by atoms with Gasteiger partial charge >= 0.3 is 0 Å². The molecule has 0 bridgehead atoms. The first-order valence-corrected chi connectivity index (χ1v) is 9.89. The van der Waals surface area contributed by atoms with Crippen LogP contribution in [0.4, 0.5) is 0 Å². The van der Waals surface area contributed by atoms with Crippen LogP contribution in [0.5, 0.6) is 0 Å². The summed E-state index contributed by atoms with van der Waals surface area (Å²) in [6, 6.07) is 13.4. The van der Waals surface area contributed by atoms with Crippen molar-refractivity contribution in [2.75, 3.05) is 19.6 Å². The summed E-state index contributed by atoms with van der Waals surface area (Å²) in [5.74, 6) is 0.644. The van der Waals surface area contributed by atoms with Crippen molar-refractivity contribution in [1.29, 1.82) is 0 Å². The van der Waals surface area contributed by atoms with Crippen molar-refractivity contribution < 1.29 is 9.21 Å². The lowest BCUT2D eigenvalue weighted by atomic mass is 10.2. The van der Waals surface area contributed by atoms with Crippen LogP contribution in [0.1, 0.15) is 40.7 Å². The molecule has 146 valence electrons. The van der Waals surface area contributed by atoms with Gasteiger partial charge in [-0.25, -0.2) is 4.68 Å². The molecule has 2 aromatic heterocycles. The number of nitrogens with zero attached hydrogens (tertiary/aromatic N) is 3. The third-order valence-electron chi connectivity index (χ3n) is 5.14. The van der Waals surface area contributed by atoms with Crippen LogP contribution >= 0.6 is 11.6 Å². The zero-order valence-electron chi connectivity index (χ0n) is 15.8. The van der Waals surface area contributed by atoms with Gasteiger partial charge in [0, 0.05) is 6.54 Å². The van der Waals surface area contributed by atoms with Crippen LogP contribution in [-0.4, -0.2) is 40.2 Å². The van der Waals surface area contributed by atoms with Crippen LogP contribution in [0.2, 0.25) is 5.15 Å². The van der Waals surface area contributed by atoms with Gasteiger partial charge in [0.2, 0.25) is 0 Å². The summed E-state index contributed by atoms with van der Waals surface area (Å²) >= 11 is 6.51. The monoisotopic (exact) mass is 398 g/mol. The topological polar surface area (TPSA) is 63.3 Å². The fourth-order valence-electron chi connectivity index (χ4n) is 3.72. The summed E-state index contributed by atoms with van der Waals surface area (Å²) < 4.78 is 7.21. The van der Waals surface area contributed by atoms with Gasteiger partial charge in [-0.15, -0.1) is 0 Å². The number of carbonyl (C=O) groups is 1. The van der Waals surface area contributed by atoms with Gasteiger partial charge in [0.15, 0.2) is 0 Å². The maximum Gasteiger partial charge on any atom is 0.256 e. The van der Waals surface area contributed by atoms with Gasteiger partial charge in [0.25, 0.3) is 5.91 Å². The van der Waals surface area contributed by atoms with Gasteiger partial charge in [-0.1, -0.05) is 29.8 Å². The lowest BCUT2D eigenvalue weighted by Crippen LogP contribution is -2.36. The molecule has 0 spiro atoms. The maximum absolute atomic E-state index is 12.9. The molecule has 1 aliphatic heterocycles. The second kappa shape index (κ2) is 8.20. The van der Waals surface area contributed by atoms with E-state index in [0.717, 1.165) is 24.5 Å². The van der Waals surface area contributed by atoms with Gasteiger partial charge < -0.3 is 9.73 Å². The Hall–Kier alpha value is -2.57. The third-order valence-corrected chi connectivity index (χ3v) is 5.49. The molecule has 1 saturated heterocycles. The van der Waals surface area contributed by atoms with Crippen molar-refractivity contribution in [3.8, 4) is 5.69 Å². The SMILES string of the molecule is Cc1nn(-c2ccccc2)c(Cl)c1C(=O)NC[C@H](c1ccco1)N1CCCC1. The van der Waals surface area contributed by atoms with E-state index < -0.39 is 0 Å². The zero-order valence-corrected chi connectivity index (χ0v) is 16.5. The molecule has 1 fully saturated rings. The number of nitrogens with one attached hydrogen (secondary N) is 1. The summed E-state index contributed by atoms with van der Waals surface area (Å²) in [4.78, 5) is 15.3. The number of hydrogen-bond acceptors (Lipinski definition) is 4. The number of rotatable bonds is 6. The molecule has 28 heavy (non-hydrogen) atoms. The Morgan fingerprint density at radius 1 is 1.21 bits per heavy atom. The van der Waals surface area contributed by atoms with E-state index in [1.807, 2.05) is 42.5 Å². The Morgan fingerprint density at radius 2 is 1.96 bits per heavy atom. The van der Waals surface area contributed by atoms with Crippen molar-refractivity contribution in [3.05, 3.63) is 70.9 Å². The van der Waals surface area contributed by atoms with Crippen molar-refractivity contribution in [3.63, 3.8) is 0 Å². The minimum atomic E-state index is -0.222. The number of aromatic nitrogens is 2. The maximum atomic E-state index is 12.9. The van der Waals surface area contributed by atoms with Gasteiger partial charge in [-0.05, 0) is 57.1 Å². The molecule has 3 heterocycles. The number of furan rings is 1. The van der Waals surface area contributed by atoms with Crippen molar-refractivity contribution in [2.24, 2.45) is 0 Å². The molecule has 1 atom stereocenters. The minimum absolute atomic E-state index is 0.0182. The highest BCUT2D eigenvalue weighted by molar-refractivity contribution is 6.33. The summed E-state index contributed by atoms with van der Waals surface area (Å²) in [7, 11) is 0. The molecule has 1 aliphatic rings. The molecule has 1 N–H and O–H groups in total. The van der Waals surface area contributed by atoms with Gasteiger partial charge in [-0.2, -0.15) is 5.10 Å². The van der Waals surface area contributed by atoms with E-state index in [1.54, 1.807) is 17.9 Å². The largest absolute Gasteiger partial charge is 0.468 e. The molecule has 0 saturated carbocycles. The highest BCUT2D eigenvalue weighted by atomic mass is 35.5. The van der Waals surface area contributed by atoms with E-state index >= 15 is 0 Å². The molecule has 1 aromatic carbocycles. The fraction of sp³-hybridized carbons (Fsp3) is 0.333. The highest BCUT2D eigenvalue weighted by Crippen LogP contribution is 2.26. The number of para-hydroxylation sites is 1. The molecule has 3 aromatic rings. The average Bonchev–Trinajstić information content (AvgIpc) is 3.45. The lowest BCUT2D eigenvalue weighted by Gasteiger charge is -2.26. The summed E-state index contributed by atoms with van der Waals surface area (Å²) in [5, 5.41) is 7.80. The highest BCUT2D eigenvalue weighted by Gasteiger charge is 2.27. The first-order valence-electron chi connectivity index (χ1n) is 9.51. The van der Waals surface area contributed by atoms with Crippen molar-refractivity contribution in [2.45, 2.75) is 25.8 Å². The van der Waals surface area contributed by atoms with Crippen molar-refractivity contribution >= 4 is 17.5 Å². The second-order valence-electron chi connectivity index (χ2n) is 6.98. The number of aryl methyl sites for hydroxylation is 1. The molecular weight excluding hydrogens is 376 g/mol. The molecule has 6 nitrogen and oxygen atoms in total. The summed E-state index contributed by atoms with van der Waals surface area (Å²) in [5.41, 5.74) is 1.83. The van der Waals surface area contributed by atoms with Crippen LogP contribution < -0.4 is 5.32 Å². The minimum Gasteiger partial charge on any atom is -0.468 e. The molecule has 7 heteroatoms. The van der Waals surface area contributed by atoms with E-state index in [2.05, 4.69) is 15.3 Å². The van der Waals surface area contributed by atoms with E-state index in [0.29, 0.717) is 23.0 Å². The average molecular weight is 399 g/mol. The Balaban J connectivity index is 1.52. The first-order chi connectivity index (χ1) is 13.6. The standard InChI is InChI=1S/C21H23ClN4O2/c1-15-19(20(22)26(24-15)16-8-3-2-4-9-16)21(27)23-14-17(18-10-7-13-28-18)25-11-5-6-12-25/h2-4,7-10,13,17H,5-6,11-12,14H2,1H3,(H,23,27)/t17-/m1/s1. The van der Waals surface area contributed by atoms with E-state index in [9.17, 15) is 4.79 Å². The van der Waals surface area contributed by atoms with E-state index in [-0.39, 0.29) is 11.9 Å². The van der Waals surface area contributed by atoms with Gasteiger partial charge in [0.1, 0.15) is 10.9 Å². The van der Waals surface area contributed by atoms with Crippen LogP contribution in [0.15, 0.2) is 53.1 Å².